The van der Waals surface area contributed by atoms with E-state index in [4.69, 9.17) is 4.74 Å². The second-order valence-corrected chi connectivity index (χ2v) is 6.62. The molecule has 2 aliphatic carbocycles. The van der Waals surface area contributed by atoms with Gasteiger partial charge in [-0.05, 0) is 19.3 Å². The molecule has 3 aliphatic rings. The number of carbonyl (C=O) groups is 2. The van der Waals surface area contributed by atoms with Gasteiger partial charge in [0, 0.05) is 22.8 Å². The molecule has 0 spiro atoms. The smallest absolute Gasteiger partial charge is 0.334 e. The maximum atomic E-state index is 11.8. The van der Waals surface area contributed by atoms with Crippen LogP contribution in [0.5, 0.6) is 0 Å². The van der Waals surface area contributed by atoms with Gasteiger partial charge in [-0.3, -0.25) is 0 Å². The number of fused-ring (bicyclic) bond motifs is 3. The van der Waals surface area contributed by atoms with E-state index < -0.39 is 35.6 Å². The molecule has 0 amide bonds. The van der Waals surface area contributed by atoms with E-state index in [9.17, 15) is 19.8 Å². The van der Waals surface area contributed by atoms with Crippen molar-refractivity contribution in [1.29, 1.82) is 0 Å². The molecule has 1 aliphatic heterocycles. The summed E-state index contributed by atoms with van der Waals surface area (Å²) in [7, 11) is 0. The van der Waals surface area contributed by atoms with Crippen LogP contribution in [0, 0.1) is 23.2 Å². The molecule has 110 valence electrons. The molecule has 2 saturated carbocycles. The van der Waals surface area contributed by atoms with Crippen molar-refractivity contribution in [1.82, 2.24) is 0 Å². The molecule has 5 nitrogen and oxygen atoms in total. The van der Waals surface area contributed by atoms with Crippen LogP contribution in [0.4, 0.5) is 0 Å². The molecule has 1 saturated heterocycles. The maximum absolute atomic E-state index is 11.8. The van der Waals surface area contributed by atoms with Gasteiger partial charge in [-0.2, -0.15) is 0 Å². The van der Waals surface area contributed by atoms with Crippen LogP contribution >= 0.6 is 0 Å². The van der Waals surface area contributed by atoms with Crippen LogP contribution < -0.4 is 0 Å². The van der Waals surface area contributed by atoms with Crippen molar-refractivity contribution in [2.75, 3.05) is 0 Å². The Morgan fingerprint density at radius 2 is 2.10 bits per heavy atom. The summed E-state index contributed by atoms with van der Waals surface area (Å²) >= 11 is 0. The summed E-state index contributed by atoms with van der Waals surface area (Å²) < 4.78 is 5.39. The number of carbonyl (C=O) groups excluding carboxylic acids is 2. The zero-order valence-electron chi connectivity index (χ0n) is 11.5. The Morgan fingerprint density at radius 1 is 1.40 bits per heavy atom. The predicted octanol–water partition coefficient (Wildman–Crippen LogP) is 0.441. The molecule has 0 aromatic rings. The van der Waals surface area contributed by atoms with Gasteiger partial charge in [0.15, 0.2) is 0 Å². The van der Waals surface area contributed by atoms with Crippen LogP contribution in [0.25, 0.3) is 0 Å². The van der Waals surface area contributed by atoms with Crippen LogP contribution in [-0.2, 0) is 14.3 Å². The van der Waals surface area contributed by atoms with Gasteiger partial charge in [-0.15, -0.1) is 0 Å². The zero-order valence-corrected chi connectivity index (χ0v) is 11.5. The van der Waals surface area contributed by atoms with Crippen LogP contribution in [0.3, 0.4) is 0 Å². The van der Waals surface area contributed by atoms with Crippen LogP contribution in [-0.4, -0.2) is 40.8 Å². The summed E-state index contributed by atoms with van der Waals surface area (Å²) in [4.78, 5) is 23.1. The third-order valence-electron chi connectivity index (χ3n) is 5.61. The van der Waals surface area contributed by atoms with Gasteiger partial charge >= 0.3 is 5.97 Å². The lowest BCUT2D eigenvalue weighted by Gasteiger charge is -2.55. The second-order valence-electron chi connectivity index (χ2n) is 6.62. The number of hydrogen-bond donors (Lipinski definition) is 2. The Kier molecular flexibility index (Phi) is 3.03. The fourth-order valence-corrected chi connectivity index (χ4v) is 4.55. The summed E-state index contributed by atoms with van der Waals surface area (Å²) in [5.74, 6) is -1.44. The molecule has 3 fully saturated rings. The lowest BCUT2D eigenvalue weighted by atomic mass is 9.52. The van der Waals surface area contributed by atoms with Crippen molar-refractivity contribution in [3.63, 3.8) is 0 Å². The van der Waals surface area contributed by atoms with E-state index in [1.54, 1.807) is 0 Å². The van der Waals surface area contributed by atoms with E-state index in [1.165, 1.54) is 0 Å². The van der Waals surface area contributed by atoms with E-state index in [0.29, 0.717) is 19.3 Å². The van der Waals surface area contributed by atoms with Gasteiger partial charge in [-0.25, -0.2) is 4.79 Å². The molecule has 1 heterocycles. The van der Waals surface area contributed by atoms with E-state index in [0.717, 1.165) is 6.29 Å². The molecule has 20 heavy (non-hydrogen) atoms. The molecule has 0 radical (unpaired) electrons. The highest BCUT2D eigenvalue weighted by molar-refractivity contribution is 5.91. The molecule has 0 unspecified atom stereocenters. The highest BCUT2D eigenvalue weighted by Gasteiger charge is 2.62. The van der Waals surface area contributed by atoms with Gasteiger partial charge in [0.1, 0.15) is 12.4 Å². The fourth-order valence-electron chi connectivity index (χ4n) is 4.55. The van der Waals surface area contributed by atoms with Crippen molar-refractivity contribution in [3.05, 3.63) is 12.2 Å². The maximum Gasteiger partial charge on any atom is 0.334 e. The summed E-state index contributed by atoms with van der Waals surface area (Å²) in [6.07, 6.45) is 0.489. The van der Waals surface area contributed by atoms with Crippen LogP contribution in [0.2, 0.25) is 0 Å². The van der Waals surface area contributed by atoms with Crippen molar-refractivity contribution < 1.29 is 24.5 Å². The predicted molar refractivity (Wildman–Crippen MR) is 69.5 cm³/mol. The molecule has 3 rings (SSSR count). The number of hydrogen-bond acceptors (Lipinski definition) is 5. The third-order valence-corrected chi connectivity index (χ3v) is 5.61. The largest absolute Gasteiger partial charge is 0.458 e. The lowest BCUT2D eigenvalue weighted by Crippen LogP contribution is -2.59. The number of rotatable bonds is 1. The number of ether oxygens (including phenoxy) is 1. The Balaban J connectivity index is 2.05. The van der Waals surface area contributed by atoms with Gasteiger partial charge in [0.05, 0.1) is 18.1 Å². The fraction of sp³-hybridized carbons (Fsp3) is 0.733. The summed E-state index contributed by atoms with van der Waals surface area (Å²) in [5, 5.41) is 20.7. The van der Waals surface area contributed by atoms with Gasteiger partial charge in [0.2, 0.25) is 0 Å². The van der Waals surface area contributed by atoms with Crippen molar-refractivity contribution in [3.8, 4) is 0 Å². The lowest BCUT2D eigenvalue weighted by molar-refractivity contribution is -0.185. The number of aliphatic hydroxyl groups excluding tert-OH is 2. The standard InChI is InChI=1S/C15H20O5/c1-7-11-9(17)5-15(2)10(18)4-3-8(6-16)12(15)13(11)20-14(7)19/h6,8-13,17-18H,1,3-5H2,2H3/t8-,9+,10-,11+,12-,13-,15+/m0/s1. The Hall–Kier alpha value is -1.20. The first-order chi connectivity index (χ1) is 9.40. The van der Waals surface area contributed by atoms with Crippen molar-refractivity contribution >= 4 is 12.3 Å². The highest BCUT2D eigenvalue weighted by atomic mass is 16.6. The Bertz CT molecular complexity index is 473. The molecule has 5 heteroatoms. The van der Waals surface area contributed by atoms with Gasteiger partial charge in [-0.1, -0.05) is 13.5 Å². The first-order valence-electron chi connectivity index (χ1n) is 7.11. The highest BCUT2D eigenvalue weighted by Crippen LogP contribution is 2.57. The van der Waals surface area contributed by atoms with Crippen LogP contribution in [0.15, 0.2) is 12.2 Å². The molecular formula is C15H20O5. The quantitative estimate of drug-likeness (QED) is 0.414. The minimum Gasteiger partial charge on any atom is -0.458 e. The minimum atomic E-state index is -0.764. The topological polar surface area (TPSA) is 83.8 Å². The molecule has 7 atom stereocenters. The molecule has 0 bridgehead atoms. The van der Waals surface area contributed by atoms with E-state index in [-0.39, 0.29) is 17.4 Å². The first kappa shape index (κ1) is 13.8. The average molecular weight is 280 g/mol. The van der Waals surface area contributed by atoms with Crippen molar-refractivity contribution in [2.24, 2.45) is 23.2 Å². The van der Waals surface area contributed by atoms with E-state index >= 15 is 0 Å². The molecule has 0 aromatic heterocycles. The monoisotopic (exact) mass is 280 g/mol. The molecule has 0 aromatic carbocycles. The third kappa shape index (κ3) is 1.63. The molecule has 2 N–H and O–H groups in total. The Labute approximate surface area is 117 Å². The first-order valence-corrected chi connectivity index (χ1v) is 7.11. The number of esters is 1. The van der Waals surface area contributed by atoms with E-state index in [1.807, 2.05) is 6.92 Å². The normalized spacial score (nSPS) is 51.1. The minimum absolute atomic E-state index is 0.248. The van der Waals surface area contributed by atoms with Gasteiger partial charge < -0.3 is 19.7 Å². The second kappa shape index (κ2) is 4.40. The van der Waals surface area contributed by atoms with Gasteiger partial charge in [0.25, 0.3) is 0 Å². The number of aliphatic hydroxyl groups is 2. The zero-order chi connectivity index (χ0) is 14.7. The Morgan fingerprint density at radius 3 is 2.75 bits per heavy atom. The SMILES string of the molecule is C=C1C(=O)O[C@H]2[C@H]1[C@H](O)C[C@@]1(C)[C@H]2[C@H](C=O)CC[C@@H]1O. The summed E-state index contributed by atoms with van der Waals surface area (Å²) in [5.41, 5.74) is -0.316. The molecular weight excluding hydrogens is 260 g/mol. The van der Waals surface area contributed by atoms with Crippen LogP contribution in [0.1, 0.15) is 26.2 Å². The average Bonchev–Trinajstić information content (AvgIpc) is 2.68. The van der Waals surface area contributed by atoms with Crippen molar-refractivity contribution in [2.45, 2.75) is 44.5 Å². The summed E-state index contributed by atoms with van der Waals surface area (Å²) in [6, 6.07) is 0. The van der Waals surface area contributed by atoms with E-state index in [2.05, 4.69) is 6.58 Å². The number of aldehydes is 1. The summed E-state index contributed by atoms with van der Waals surface area (Å²) in [6.45, 7) is 5.60.